The van der Waals surface area contributed by atoms with Gasteiger partial charge in [0.05, 0.1) is 18.0 Å². The number of nitrogens with one attached hydrogen (secondary N) is 1. The van der Waals surface area contributed by atoms with Crippen molar-refractivity contribution in [1.82, 2.24) is 14.5 Å². The SMILES string of the molecule is Cc1[nH]ncc1S(=O)(=O)N1CCCC1C#N. The Bertz CT molecular complexity index is 528. The minimum Gasteiger partial charge on any atom is -0.281 e. The minimum absolute atomic E-state index is 0.162. The van der Waals surface area contributed by atoms with E-state index in [1.807, 2.05) is 6.07 Å². The lowest BCUT2D eigenvalue weighted by molar-refractivity contribution is 0.437. The van der Waals surface area contributed by atoms with E-state index >= 15 is 0 Å². The fourth-order valence-corrected chi connectivity index (χ4v) is 3.61. The number of nitriles is 1. The second-order valence-electron chi connectivity index (χ2n) is 3.76. The van der Waals surface area contributed by atoms with Crippen molar-refractivity contribution in [3.63, 3.8) is 0 Å². The maximum Gasteiger partial charge on any atom is 0.247 e. The average molecular weight is 240 g/mol. The maximum atomic E-state index is 12.2. The summed E-state index contributed by atoms with van der Waals surface area (Å²) < 4.78 is 25.7. The lowest BCUT2D eigenvalue weighted by atomic mass is 10.2. The van der Waals surface area contributed by atoms with Gasteiger partial charge in [-0.15, -0.1) is 0 Å². The van der Waals surface area contributed by atoms with Crippen LogP contribution in [-0.4, -0.2) is 35.5 Å². The van der Waals surface area contributed by atoms with Crippen LogP contribution in [-0.2, 0) is 10.0 Å². The topological polar surface area (TPSA) is 89.8 Å². The van der Waals surface area contributed by atoms with Crippen molar-refractivity contribution in [3.05, 3.63) is 11.9 Å². The Balaban J connectivity index is 2.41. The molecular weight excluding hydrogens is 228 g/mol. The molecule has 0 radical (unpaired) electrons. The van der Waals surface area contributed by atoms with E-state index in [0.717, 1.165) is 6.42 Å². The van der Waals surface area contributed by atoms with Crippen LogP contribution in [0.3, 0.4) is 0 Å². The van der Waals surface area contributed by atoms with E-state index in [4.69, 9.17) is 5.26 Å². The summed E-state index contributed by atoms with van der Waals surface area (Å²) in [5, 5.41) is 15.2. The van der Waals surface area contributed by atoms with Gasteiger partial charge in [0.2, 0.25) is 10.0 Å². The first-order valence-electron chi connectivity index (χ1n) is 4.99. The molecule has 1 atom stereocenters. The molecule has 1 fully saturated rings. The van der Waals surface area contributed by atoms with Crippen LogP contribution in [0.2, 0.25) is 0 Å². The third kappa shape index (κ3) is 1.60. The first kappa shape index (κ1) is 11.1. The summed E-state index contributed by atoms with van der Waals surface area (Å²) in [4.78, 5) is 0.162. The normalized spacial score (nSPS) is 22.1. The molecule has 0 aliphatic carbocycles. The third-order valence-corrected chi connectivity index (χ3v) is 4.74. The highest BCUT2D eigenvalue weighted by atomic mass is 32.2. The molecule has 2 heterocycles. The Hall–Kier alpha value is -1.39. The van der Waals surface area contributed by atoms with Crippen LogP contribution >= 0.6 is 0 Å². The smallest absolute Gasteiger partial charge is 0.247 e. The number of hydrogen-bond acceptors (Lipinski definition) is 4. The van der Waals surface area contributed by atoms with Crippen LogP contribution in [0.1, 0.15) is 18.5 Å². The van der Waals surface area contributed by atoms with Crippen molar-refractivity contribution in [2.75, 3.05) is 6.54 Å². The third-order valence-electron chi connectivity index (χ3n) is 2.72. The highest BCUT2D eigenvalue weighted by Crippen LogP contribution is 2.26. The van der Waals surface area contributed by atoms with Crippen LogP contribution < -0.4 is 0 Å². The number of nitrogens with zero attached hydrogens (tertiary/aromatic N) is 3. The van der Waals surface area contributed by atoms with Crippen LogP contribution in [0, 0.1) is 18.3 Å². The van der Waals surface area contributed by atoms with E-state index in [1.165, 1.54) is 10.5 Å². The molecular formula is C9H12N4O2S. The van der Waals surface area contributed by atoms with Crippen LogP contribution in [0.15, 0.2) is 11.1 Å². The van der Waals surface area contributed by atoms with E-state index in [-0.39, 0.29) is 4.90 Å². The van der Waals surface area contributed by atoms with Gasteiger partial charge in [0.1, 0.15) is 10.9 Å². The molecule has 1 aliphatic rings. The maximum absolute atomic E-state index is 12.2. The molecule has 2 rings (SSSR count). The zero-order chi connectivity index (χ0) is 11.8. The van der Waals surface area contributed by atoms with Crippen LogP contribution in [0.5, 0.6) is 0 Å². The molecule has 1 aromatic heterocycles. The quantitative estimate of drug-likeness (QED) is 0.810. The summed E-state index contributed by atoms with van der Waals surface area (Å²) in [6.45, 7) is 2.06. The second kappa shape index (κ2) is 3.88. The minimum atomic E-state index is -3.57. The van der Waals surface area contributed by atoms with E-state index in [2.05, 4.69) is 10.2 Å². The van der Waals surface area contributed by atoms with Crippen molar-refractivity contribution in [3.8, 4) is 6.07 Å². The predicted molar refractivity (Wildman–Crippen MR) is 55.9 cm³/mol. The van der Waals surface area contributed by atoms with Crippen molar-refractivity contribution in [2.24, 2.45) is 0 Å². The predicted octanol–water partition coefficient (Wildman–Crippen LogP) is 0.395. The molecule has 1 N–H and O–H groups in total. The molecule has 1 aromatic rings. The molecule has 0 amide bonds. The average Bonchev–Trinajstić information content (AvgIpc) is 2.85. The van der Waals surface area contributed by atoms with E-state index in [1.54, 1.807) is 6.92 Å². The number of sulfonamides is 1. The van der Waals surface area contributed by atoms with Gasteiger partial charge in [0.15, 0.2) is 0 Å². The number of aromatic amines is 1. The molecule has 6 nitrogen and oxygen atoms in total. The van der Waals surface area contributed by atoms with Crippen LogP contribution in [0.25, 0.3) is 0 Å². The Morgan fingerprint density at radius 3 is 3.00 bits per heavy atom. The van der Waals surface area contributed by atoms with Crippen molar-refractivity contribution < 1.29 is 8.42 Å². The highest BCUT2D eigenvalue weighted by Gasteiger charge is 2.36. The van der Waals surface area contributed by atoms with Gasteiger partial charge in [0.25, 0.3) is 0 Å². The molecule has 0 saturated carbocycles. The summed E-state index contributed by atoms with van der Waals surface area (Å²) in [7, 11) is -3.57. The lowest BCUT2D eigenvalue weighted by Gasteiger charge is -2.18. The Kier molecular flexibility index (Phi) is 2.69. The first-order valence-corrected chi connectivity index (χ1v) is 6.43. The Labute approximate surface area is 93.9 Å². The number of rotatable bonds is 2. The number of hydrogen-bond donors (Lipinski definition) is 1. The Morgan fingerprint density at radius 2 is 2.44 bits per heavy atom. The summed E-state index contributed by atoms with van der Waals surface area (Å²) in [5.41, 5.74) is 0.503. The molecule has 0 aromatic carbocycles. The fourth-order valence-electron chi connectivity index (χ4n) is 1.88. The highest BCUT2D eigenvalue weighted by molar-refractivity contribution is 7.89. The van der Waals surface area contributed by atoms with E-state index in [0.29, 0.717) is 18.7 Å². The van der Waals surface area contributed by atoms with Gasteiger partial charge in [-0.3, -0.25) is 5.10 Å². The van der Waals surface area contributed by atoms with Gasteiger partial charge in [-0.1, -0.05) is 0 Å². The largest absolute Gasteiger partial charge is 0.281 e. The molecule has 16 heavy (non-hydrogen) atoms. The van der Waals surface area contributed by atoms with Crippen molar-refractivity contribution in [2.45, 2.75) is 30.7 Å². The molecule has 1 aliphatic heterocycles. The van der Waals surface area contributed by atoms with Crippen molar-refractivity contribution >= 4 is 10.0 Å². The monoisotopic (exact) mass is 240 g/mol. The van der Waals surface area contributed by atoms with Gasteiger partial charge in [-0.05, 0) is 19.8 Å². The van der Waals surface area contributed by atoms with Crippen molar-refractivity contribution in [1.29, 1.82) is 5.26 Å². The standard InChI is InChI=1S/C9H12N4O2S/c1-7-9(6-11-12-7)16(14,15)13-4-2-3-8(13)5-10/h6,8H,2-4H2,1H3,(H,11,12). The number of H-pyrrole nitrogens is 1. The van der Waals surface area contributed by atoms with E-state index < -0.39 is 16.1 Å². The second-order valence-corrected chi connectivity index (χ2v) is 5.62. The molecule has 7 heteroatoms. The molecule has 0 spiro atoms. The van der Waals surface area contributed by atoms with Gasteiger partial charge >= 0.3 is 0 Å². The summed E-state index contributed by atoms with van der Waals surface area (Å²) >= 11 is 0. The van der Waals surface area contributed by atoms with Gasteiger partial charge in [-0.2, -0.15) is 14.7 Å². The van der Waals surface area contributed by atoms with E-state index in [9.17, 15) is 8.42 Å². The zero-order valence-corrected chi connectivity index (χ0v) is 9.66. The van der Waals surface area contributed by atoms with Gasteiger partial charge in [0, 0.05) is 6.54 Å². The summed E-state index contributed by atoms with van der Waals surface area (Å²) in [5.74, 6) is 0. The molecule has 0 bridgehead atoms. The zero-order valence-electron chi connectivity index (χ0n) is 8.84. The fraction of sp³-hybridized carbons (Fsp3) is 0.556. The summed E-state index contributed by atoms with van der Waals surface area (Å²) in [6, 6.07) is 1.48. The molecule has 86 valence electrons. The molecule has 1 saturated heterocycles. The number of aryl methyl sites for hydroxylation is 1. The molecule has 1 unspecified atom stereocenters. The van der Waals surface area contributed by atoms with Crippen LogP contribution in [0.4, 0.5) is 0 Å². The van der Waals surface area contributed by atoms with Gasteiger partial charge < -0.3 is 0 Å². The van der Waals surface area contributed by atoms with Gasteiger partial charge in [-0.25, -0.2) is 8.42 Å². The Morgan fingerprint density at radius 1 is 1.69 bits per heavy atom. The lowest BCUT2D eigenvalue weighted by Crippen LogP contribution is -2.34. The summed E-state index contributed by atoms with van der Waals surface area (Å²) in [6.07, 6.45) is 2.62. The number of aromatic nitrogens is 2. The first-order chi connectivity index (χ1) is 7.57.